The van der Waals surface area contributed by atoms with E-state index in [1.165, 1.54) is 0 Å². The third kappa shape index (κ3) is 2.92. The number of nitrogens with zero attached hydrogens (tertiary/aromatic N) is 2. The number of rotatable bonds is 1. The van der Waals surface area contributed by atoms with Crippen LogP contribution in [0.3, 0.4) is 0 Å². The van der Waals surface area contributed by atoms with Gasteiger partial charge in [0.05, 0.1) is 22.8 Å². The number of aryl methyl sites for hydroxylation is 1. The van der Waals surface area contributed by atoms with Crippen LogP contribution in [0.5, 0.6) is 0 Å². The summed E-state index contributed by atoms with van der Waals surface area (Å²) in [6, 6.07) is 9.65. The van der Waals surface area contributed by atoms with E-state index in [1.807, 2.05) is 42.2 Å². The van der Waals surface area contributed by atoms with Crippen LogP contribution in [-0.4, -0.2) is 52.3 Å². The fraction of sp³-hybridized carbons (Fsp3) is 0.500. The molecule has 132 valence electrons. The van der Waals surface area contributed by atoms with Gasteiger partial charge in [0.1, 0.15) is 0 Å². The second-order valence-electron chi connectivity index (χ2n) is 7.19. The number of benzene rings is 1. The van der Waals surface area contributed by atoms with Crippen LogP contribution in [0.4, 0.5) is 0 Å². The van der Waals surface area contributed by atoms with Crippen molar-refractivity contribution in [3.05, 3.63) is 41.6 Å². The normalized spacial score (nSPS) is 23.1. The number of carbonyl (C=O) groups excluding carboxylic acids is 1. The minimum atomic E-state index is -0.453. The smallest absolute Gasteiger partial charge is 0.254 e. The fourth-order valence-electron chi connectivity index (χ4n) is 4.13. The van der Waals surface area contributed by atoms with Crippen LogP contribution in [0.1, 0.15) is 41.7 Å². The number of likely N-dealkylation sites (tertiary alicyclic amines) is 1. The van der Waals surface area contributed by atoms with Crippen LogP contribution < -0.4 is 0 Å². The molecule has 1 spiro atoms. The predicted molar refractivity (Wildman–Crippen MR) is 95.5 cm³/mol. The molecule has 2 aromatic rings. The summed E-state index contributed by atoms with van der Waals surface area (Å²) < 4.78 is 5.94. The summed E-state index contributed by atoms with van der Waals surface area (Å²) in [6.45, 7) is 3.86. The molecular formula is C20H24N2O3. The molecule has 1 aromatic heterocycles. The molecule has 5 heteroatoms. The molecule has 0 radical (unpaired) electrons. The first-order chi connectivity index (χ1) is 12.1. The fourth-order valence-corrected chi connectivity index (χ4v) is 4.13. The molecule has 2 fully saturated rings. The number of hydrogen-bond acceptors (Lipinski definition) is 4. The molecule has 2 aliphatic rings. The van der Waals surface area contributed by atoms with Gasteiger partial charge in [-0.1, -0.05) is 18.2 Å². The van der Waals surface area contributed by atoms with Crippen molar-refractivity contribution in [1.82, 2.24) is 9.88 Å². The summed E-state index contributed by atoms with van der Waals surface area (Å²) in [4.78, 5) is 19.5. The van der Waals surface area contributed by atoms with Crippen LogP contribution in [-0.2, 0) is 4.74 Å². The summed E-state index contributed by atoms with van der Waals surface area (Å²) >= 11 is 0. The van der Waals surface area contributed by atoms with E-state index in [-0.39, 0.29) is 5.91 Å². The van der Waals surface area contributed by atoms with Crippen LogP contribution in [0.2, 0.25) is 0 Å². The lowest BCUT2D eigenvalue weighted by Crippen LogP contribution is -2.56. The Morgan fingerprint density at radius 2 is 2.08 bits per heavy atom. The zero-order valence-corrected chi connectivity index (χ0v) is 14.6. The average Bonchev–Trinajstić information content (AvgIpc) is 2.63. The van der Waals surface area contributed by atoms with Crippen LogP contribution in [0.15, 0.2) is 30.3 Å². The van der Waals surface area contributed by atoms with Gasteiger partial charge >= 0.3 is 0 Å². The molecule has 2 saturated heterocycles. The molecule has 25 heavy (non-hydrogen) atoms. The second-order valence-corrected chi connectivity index (χ2v) is 7.19. The molecule has 2 aliphatic heterocycles. The van der Waals surface area contributed by atoms with Gasteiger partial charge in [-0.2, -0.15) is 0 Å². The number of piperidine rings is 1. The number of aliphatic hydroxyl groups is 1. The first-order valence-electron chi connectivity index (χ1n) is 9.07. The van der Waals surface area contributed by atoms with Gasteiger partial charge in [0.15, 0.2) is 0 Å². The van der Waals surface area contributed by atoms with Gasteiger partial charge in [-0.25, -0.2) is 0 Å². The van der Waals surface area contributed by atoms with Crippen molar-refractivity contribution in [2.24, 2.45) is 0 Å². The van der Waals surface area contributed by atoms with Gasteiger partial charge in [0.25, 0.3) is 5.91 Å². The Hall–Kier alpha value is -1.98. The highest BCUT2D eigenvalue weighted by Crippen LogP contribution is 2.35. The van der Waals surface area contributed by atoms with Gasteiger partial charge in [-0.15, -0.1) is 0 Å². The molecule has 0 bridgehead atoms. The Morgan fingerprint density at radius 3 is 2.84 bits per heavy atom. The lowest BCUT2D eigenvalue weighted by atomic mass is 9.82. The Kier molecular flexibility index (Phi) is 4.21. The first-order valence-corrected chi connectivity index (χ1v) is 9.07. The highest BCUT2D eigenvalue weighted by Gasteiger charge is 2.44. The minimum absolute atomic E-state index is 0.0434. The second kappa shape index (κ2) is 6.39. The monoisotopic (exact) mass is 340 g/mol. The third-order valence-electron chi connectivity index (χ3n) is 5.59. The van der Waals surface area contributed by atoms with Gasteiger partial charge in [0.2, 0.25) is 0 Å². The van der Waals surface area contributed by atoms with Gasteiger partial charge in [-0.3, -0.25) is 9.78 Å². The molecule has 1 aromatic carbocycles. The molecule has 0 unspecified atom stereocenters. The van der Waals surface area contributed by atoms with E-state index in [1.54, 1.807) is 0 Å². The van der Waals surface area contributed by atoms with E-state index in [2.05, 4.69) is 4.98 Å². The van der Waals surface area contributed by atoms with Gasteiger partial charge in [0, 0.05) is 30.8 Å². The molecular weight excluding hydrogens is 316 g/mol. The zero-order valence-electron chi connectivity index (χ0n) is 14.6. The summed E-state index contributed by atoms with van der Waals surface area (Å²) in [5, 5.41) is 11.3. The average molecular weight is 340 g/mol. The van der Waals surface area contributed by atoms with Crippen LogP contribution in [0.25, 0.3) is 10.9 Å². The van der Waals surface area contributed by atoms with E-state index in [4.69, 9.17) is 4.74 Å². The largest absolute Gasteiger partial charge is 0.390 e. The molecule has 5 nitrogen and oxygen atoms in total. The van der Waals surface area contributed by atoms with Gasteiger partial charge in [-0.05, 0) is 44.7 Å². The molecule has 0 aliphatic carbocycles. The van der Waals surface area contributed by atoms with E-state index >= 15 is 0 Å². The van der Waals surface area contributed by atoms with Crippen molar-refractivity contribution in [3.63, 3.8) is 0 Å². The predicted octanol–water partition coefficient (Wildman–Crippen LogP) is 2.69. The van der Waals surface area contributed by atoms with Crippen molar-refractivity contribution in [2.75, 3.05) is 19.7 Å². The number of para-hydroxylation sites is 1. The molecule has 0 saturated carbocycles. The first kappa shape index (κ1) is 16.5. The Bertz CT molecular complexity index is 797. The van der Waals surface area contributed by atoms with Crippen molar-refractivity contribution in [1.29, 1.82) is 0 Å². The third-order valence-corrected chi connectivity index (χ3v) is 5.59. The number of aromatic nitrogens is 1. The standard InChI is InChI=1S/C20H24N2O3/c1-14-13-16(15-5-2-3-6-17(15)21-14)19(24)22-10-8-20(9-11-22)18(23)7-4-12-25-20/h2-3,5-6,13,18,23H,4,7-12H2,1H3/t18-/m0/s1. The Labute approximate surface area is 147 Å². The summed E-state index contributed by atoms with van der Waals surface area (Å²) in [7, 11) is 0. The van der Waals surface area contributed by atoms with Crippen LogP contribution in [0, 0.1) is 6.92 Å². The topological polar surface area (TPSA) is 62.7 Å². The number of ether oxygens (including phenoxy) is 1. The Balaban J connectivity index is 1.57. The van der Waals surface area contributed by atoms with Crippen molar-refractivity contribution >= 4 is 16.8 Å². The van der Waals surface area contributed by atoms with E-state index in [0.717, 1.165) is 29.4 Å². The van der Waals surface area contributed by atoms with Crippen molar-refractivity contribution in [3.8, 4) is 0 Å². The van der Waals surface area contributed by atoms with E-state index in [9.17, 15) is 9.90 Å². The maximum atomic E-state index is 13.1. The maximum Gasteiger partial charge on any atom is 0.254 e. The number of pyridine rings is 1. The molecule has 1 atom stereocenters. The van der Waals surface area contributed by atoms with Gasteiger partial charge < -0.3 is 14.7 Å². The van der Waals surface area contributed by atoms with E-state index < -0.39 is 11.7 Å². The Morgan fingerprint density at radius 1 is 1.32 bits per heavy atom. The quantitative estimate of drug-likeness (QED) is 0.867. The molecule has 4 rings (SSSR count). The zero-order chi connectivity index (χ0) is 17.4. The number of hydrogen-bond donors (Lipinski definition) is 1. The lowest BCUT2D eigenvalue weighted by Gasteiger charge is -2.46. The molecule has 3 heterocycles. The number of aliphatic hydroxyl groups excluding tert-OH is 1. The van der Waals surface area contributed by atoms with Crippen molar-refractivity contribution in [2.45, 2.75) is 44.3 Å². The number of fused-ring (bicyclic) bond motifs is 1. The summed E-state index contributed by atoms with van der Waals surface area (Å²) in [5.74, 6) is 0.0434. The number of amides is 1. The molecule has 1 amide bonds. The summed E-state index contributed by atoms with van der Waals surface area (Å²) in [6.07, 6.45) is 2.68. The van der Waals surface area contributed by atoms with E-state index in [0.29, 0.717) is 38.1 Å². The highest BCUT2D eigenvalue weighted by atomic mass is 16.5. The SMILES string of the molecule is Cc1cc(C(=O)N2CCC3(CC2)OCCC[C@@H]3O)c2ccccc2n1. The number of carbonyl (C=O) groups is 1. The van der Waals surface area contributed by atoms with Crippen LogP contribution >= 0.6 is 0 Å². The molecule has 1 N–H and O–H groups in total. The minimum Gasteiger partial charge on any atom is -0.390 e. The van der Waals surface area contributed by atoms with Crippen molar-refractivity contribution < 1.29 is 14.6 Å². The maximum absolute atomic E-state index is 13.1. The summed E-state index contributed by atoms with van der Waals surface area (Å²) in [5.41, 5.74) is 1.96. The highest BCUT2D eigenvalue weighted by molar-refractivity contribution is 6.06. The lowest BCUT2D eigenvalue weighted by molar-refractivity contribution is -0.174.